The van der Waals surface area contributed by atoms with Gasteiger partial charge in [-0.05, 0) is 31.2 Å². The molecule has 3 rings (SSSR count). The van der Waals surface area contributed by atoms with Crippen LogP contribution in [0, 0.1) is 5.92 Å². The summed E-state index contributed by atoms with van der Waals surface area (Å²) in [5.74, 6) is 1.58. The largest absolute Gasteiger partial charge is 0.339 e. The number of nitrogens with zero attached hydrogens (tertiary/aromatic N) is 3. The van der Waals surface area contributed by atoms with Crippen molar-refractivity contribution < 1.29 is 0 Å². The Morgan fingerprint density at radius 2 is 2.20 bits per heavy atom. The van der Waals surface area contributed by atoms with E-state index in [1.165, 1.54) is 12.8 Å². The first-order valence-corrected chi connectivity index (χ1v) is 5.56. The second-order valence-electron chi connectivity index (χ2n) is 4.90. The Morgan fingerprint density at radius 1 is 1.40 bits per heavy atom. The summed E-state index contributed by atoms with van der Waals surface area (Å²) in [6.07, 6.45) is 7.18. The van der Waals surface area contributed by atoms with Gasteiger partial charge in [0, 0.05) is 31.0 Å². The smallest absolute Gasteiger partial charge is 0.225 e. The first-order chi connectivity index (χ1) is 7.25. The molecule has 1 aliphatic carbocycles. The molecule has 2 fully saturated rings. The lowest BCUT2D eigenvalue weighted by Gasteiger charge is -2.37. The number of aromatic nitrogens is 2. The lowest BCUT2D eigenvalue weighted by Crippen LogP contribution is -2.53. The molecule has 1 aliphatic heterocycles. The van der Waals surface area contributed by atoms with E-state index in [9.17, 15) is 0 Å². The second-order valence-corrected chi connectivity index (χ2v) is 4.90. The Balaban J connectivity index is 1.85. The highest BCUT2D eigenvalue weighted by Gasteiger charge is 2.42. The van der Waals surface area contributed by atoms with E-state index in [1.54, 1.807) is 12.4 Å². The van der Waals surface area contributed by atoms with Crippen LogP contribution in [0.25, 0.3) is 0 Å². The Labute approximate surface area is 89.5 Å². The minimum Gasteiger partial charge on any atom is -0.339 e. The van der Waals surface area contributed by atoms with Crippen molar-refractivity contribution in [1.82, 2.24) is 9.97 Å². The number of fused-ring (bicyclic) bond motifs is 2. The van der Waals surface area contributed by atoms with Crippen molar-refractivity contribution in [2.45, 2.75) is 24.8 Å². The van der Waals surface area contributed by atoms with Gasteiger partial charge in [-0.15, -0.1) is 0 Å². The summed E-state index contributed by atoms with van der Waals surface area (Å²) in [7, 11) is 0. The van der Waals surface area contributed by atoms with E-state index in [-0.39, 0.29) is 5.54 Å². The summed E-state index contributed by atoms with van der Waals surface area (Å²) in [6, 6.07) is 1.85. The number of hydrogen-bond donors (Lipinski definition) is 1. The highest BCUT2D eigenvalue weighted by Crippen LogP contribution is 2.38. The van der Waals surface area contributed by atoms with E-state index in [1.807, 2.05) is 6.07 Å². The van der Waals surface area contributed by atoms with E-state index in [2.05, 4.69) is 14.9 Å². The summed E-state index contributed by atoms with van der Waals surface area (Å²) >= 11 is 0. The predicted molar refractivity (Wildman–Crippen MR) is 58.5 cm³/mol. The van der Waals surface area contributed by atoms with E-state index in [0.29, 0.717) is 0 Å². The molecule has 2 N–H and O–H groups in total. The van der Waals surface area contributed by atoms with Crippen LogP contribution in [0.1, 0.15) is 19.3 Å². The van der Waals surface area contributed by atoms with Crippen LogP contribution in [0.2, 0.25) is 0 Å². The molecule has 15 heavy (non-hydrogen) atoms. The second kappa shape index (κ2) is 3.17. The Morgan fingerprint density at radius 3 is 2.93 bits per heavy atom. The Kier molecular flexibility index (Phi) is 1.92. The van der Waals surface area contributed by atoms with Gasteiger partial charge in [0.2, 0.25) is 5.95 Å². The van der Waals surface area contributed by atoms with Crippen molar-refractivity contribution in [2.24, 2.45) is 11.7 Å². The number of hydrogen-bond acceptors (Lipinski definition) is 4. The zero-order chi connectivity index (χ0) is 10.3. The lowest BCUT2D eigenvalue weighted by atomic mass is 9.92. The molecule has 0 aromatic carbocycles. The van der Waals surface area contributed by atoms with Crippen molar-refractivity contribution in [1.29, 1.82) is 0 Å². The molecular weight excluding hydrogens is 188 g/mol. The molecule has 2 aliphatic rings. The molecule has 4 nitrogen and oxygen atoms in total. The molecule has 4 heteroatoms. The summed E-state index contributed by atoms with van der Waals surface area (Å²) in [5, 5.41) is 0. The van der Waals surface area contributed by atoms with Crippen molar-refractivity contribution in [3.05, 3.63) is 18.5 Å². The molecule has 2 bridgehead atoms. The highest BCUT2D eigenvalue weighted by molar-refractivity contribution is 5.32. The van der Waals surface area contributed by atoms with Gasteiger partial charge in [-0.3, -0.25) is 0 Å². The van der Waals surface area contributed by atoms with Crippen molar-refractivity contribution in [3.8, 4) is 0 Å². The van der Waals surface area contributed by atoms with Crippen LogP contribution in [0.4, 0.5) is 5.95 Å². The first-order valence-electron chi connectivity index (χ1n) is 5.56. The van der Waals surface area contributed by atoms with Gasteiger partial charge in [-0.1, -0.05) is 0 Å². The molecule has 80 valence electrons. The lowest BCUT2D eigenvalue weighted by molar-refractivity contribution is 0.360. The zero-order valence-electron chi connectivity index (χ0n) is 8.76. The fraction of sp³-hybridized carbons (Fsp3) is 0.636. The fourth-order valence-electron chi connectivity index (χ4n) is 2.93. The van der Waals surface area contributed by atoms with Crippen molar-refractivity contribution >= 4 is 5.95 Å². The maximum Gasteiger partial charge on any atom is 0.225 e. The topological polar surface area (TPSA) is 55.0 Å². The van der Waals surface area contributed by atoms with E-state index < -0.39 is 0 Å². The molecule has 1 saturated heterocycles. The normalized spacial score (nSPS) is 34.5. The fourth-order valence-corrected chi connectivity index (χ4v) is 2.93. The minimum absolute atomic E-state index is 0.0160. The molecule has 0 radical (unpaired) electrons. The third kappa shape index (κ3) is 1.59. The third-order valence-corrected chi connectivity index (χ3v) is 3.57. The SMILES string of the molecule is NC12CCC(CN(c3ncccn3)C1)C2. The molecule has 0 amide bonds. The Hall–Kier alpha value is -1.16. The van der Waals surface area contributed by atoms with Gasteiger partial charge in [0.15, 0.2) is 0 Å². The molecule has 1 aromatic heterocycles. The number of rotatable bonds is 1. The van der Waals surface area contributed by atoms with Crippen LogP contribution in [0.15, 0.2) is 18.5 Å². The molecule has 2 atom stereocenters. The van der Waals surface area contributed by atoms with Crippen LogP contribution in [0.3, 0.4) is 0 Å². The van der Waals surface area contributed by atoms with E-state index in [4.69, 9.17) is 5.73 Å². The molecule has 1 saturated carbocycles. The number of nitrogens with two attached hydrogens (primary N) is 1. The van der Waals surface area contributed by atoms with Crippen LogP contribution >= 0.6 is 0 Å². The molecule has 0 spiro atoms. The zero-order valence-corrected chi connectivity index (χ0v) is 8.76. The van der Waals surface area contributed by atoms with Crippen molar-refractivity contribution in [2.75, 3.05) is 18.0 Å². The minimum atomic E-state index is 0.0160. The van der Waals surface area contributed by atoms with Gasteiger partial charge in [0.05, 0.1) is 0 Å². The standard InChI is InChI=1S/C11H16N4/c12-11-3-2-9(6-11)7-15(8-11)10-13-4-1-5-14-10/h1,4-5,9H,2-3,6-8,12H2. The molecule has 2 unspecified atom stereocenters. The highest BCUT2D eigenvalue weighted by atomic mass is 15.3. The van der Waals surface area contributed by atoms with Crippen molar-refractivity contribution in [3.63, 3.8) is 0 Å². The third-order valence-electron chi connectivity index (χ3n) is 3.57. The quantitative estimate of drug-likeness (QED) is 0.735. The predicted octanol–water partition coefficient (Wildman–Crippen LogP) is 0.794. The molecule has 1 aromatic rings. The van der Waals surface area contributed by atoms with Crippen LogP contribution in [-0.4, -0.2) is 28.6 Å². The van der Waals surface area contributed by atoms with Gasteiger partial charge < -0.3 is 10.6 Å². The van der Waals surface area contributed by atoms with Crippen LogP contribution in [0.5, 0.6) is 0 Å². The first kappa shape index (κ1) is 9.09. The molecule has 2 heterocycles. The maximum atomic E-state index is 6.33. The van der Waals surface area contributed by atoms with Gasteiger partial charge >= 0.3 is 0 Å². The average Bonchev–Trinajstić information content (AvgIpc) is 2.53. The Bertz CT molecular complexity index is 353. The number of anilines is 1. The van der Waals surface area contributed by atoms with Gasteiger partial charge in [-0.25, -0.2) is 9.97 Å². The van der Waals surface area contributed by atoms with E-state index in [0.717, 1.165) is 31.4 Å². The van der Waals surface area contributed by atoms with Gasteiger partial charge in [-0.2, -0.15) is 0 Å². The summed E-state index contributed by atoms with van der Waals surface area (Å²) < 4.78 is 0. The summed E-state index contributed by atoms with van der Waals surface area (Å²) in [6.45, 7) is 1.98. The van der Waals surface area contributed by atoms with Gasteiger partial charge in [0.25, 0.3) is 0 Å². The average molecular weight is 204 g/mol. The summed E-state index contributed by atoms with van der Waals surface area (Å²) in [5.41, 5.74) is 6.35. The number of piperidine rings is 1. The maximum absolute atomic E-state index is 6.33. The van der Waals surface area contributed by atoms with Crippen LogP contribution < -0.4 is 10.6 Å². The summed E-state index contributed by atoms with van der Waals surface area (Å²) in [4.78, 5) is 10.8. The van der Waals surface area contributed by atoms with E-state index >= 15 is 0 Å². The van der Waals surface area contributed by atoms with Crippen LogP contribution in [-0.2, 0) is 0 Å². The monoisotopic (exact) mass is 204 g/mol. The molecular formula is C11H16N4. The van der Waals surface area contributed by atoms with Gasteiger partial charge in [0.1, 0.15) is 0 Å².